The predicted octanol–water partition coefficient (Wildman–Crippen LogP) is 3.39. The van der Waals surface area contributed by atoms with Gasteiger partial charge in [-0.25, -0.2) is 4.39 Å². The molecule has 3 nitrogen and oxygen atoms in total. The largest absolute Gasteiger partial charge is 0.307 e. The van der Waals surface area contributed by atoms with Gasteiger partial charge in [-0.05, 0) is 24.3 Å². The zero-order valence-electron chi connectivity index (χ0n) is 10.8. The summed E-state index contributed by atoms with van der Waals surface area (Å²) in [5.41, 5.74) is 0.658. The predicted molar refractivity (Wildman–Crippen MR) is 74.7 cm³/mol. The van der Waals surface area contributed by atoms with Gasteiger partial charge in [0.25, 0.3) is 5.91 Å². The van der Waals surface area contributed by atoms with E-state index in [1.807, 2.05) is 12.1 Å². The third kappa shape index (κ3) is 3.01. The molecule has 2 aromatic rings. The lowest BCUT2D eigenvalue weighted by Crippen LogP contribution is -2.32. The number of carbonyl (C=O) groups is 1. The molecule has 0 spiro atoms. The first-order chi connectivity index (χ1) is 9.74. The molecule has 0 bridgehead atoms. The fraction of sp³-hybridized carbons (Fsp3) is 0.125. The van der Waals surface area contributed by atoms with Crippen molar-refractivity contribution in [3.63, 3.8) is 0 Å². The van der Waals surface area contributed by atoms with Crippen molar-refractivity contribution in [2.45, 2.75) is 6.42 Å². The zero-order valence-corrected chi connectivity index (χ0v) is 10.8. The Hall–Kier alpha value is -2.67. The number of anilines is 1. The van der Waals surface area contributed by atoms with Gasteiger partial charge >= 0.3 is 0 Å². The van der Waals surface area contributed by atoms with Crippen LogP contribution in [0.5, 0.6) is 0 Å². The van der Waals surface area contributed by atoms with E-state index in [4.69, 9.17) is 5.26 Å². The maximum atomic E-state index is 13.7. The number of amides is 1. The Morgan fingerprint density at radius 2 is 1.75 bits per heavy atom. The Morgan fingerprint density at radius 1 is 1.10 bits per heavy atom. The SMILES string of the molecule is N#CCCN(C(=O)c1ccccc1F)c1ccccc1. The molecule has 0 aliphatic carbocycles. The minimum atomic E-state index is -0.560. The van der Waals surface area contributed by atoms with Crippen molar-refractivity contribution >= 4 is 11.6 Å². The van der Waals surface area contributed by atoms with Crippen molar-refractivity contribution in [1.29, 1.82) is 5.26 Å². The molecule has 0 atom stereocenters. The standard InChI is InChI=1S/C16H13FN2O/c17-15-10-5-4-9-14(15)16(20)19(12-6-11-18)13-7-2-1-3-8-13/h1-5,7-10H,6,12H2. The topological polar surface area (TPSA) is 44.1 Å². The van der Waals surface area contributed by atoms with Crippen molar-refractivity contribution < 1.29 is 9.18 Å². The minimum absolute atomic E-state index is 0.00860. The first kappa shape index (κ1) is 13.8. The average molecular weight is 268 g/mol. The van der Waals surface area contributed by atoms with E-state index in [1.165, 1.54) is 23.1 Å². The molecule has 0 aliphatic heterocycles. The molecule has 20 heavy (non-hydrogen) atoms. The van der Waals surface area contributed by atoms with Crippen molar-refractivity contribution in [2.75, 3.05) is 11.4 Å². The molecule has 0 fully saturated rings. The lowest BCUT2D eigenvalue weighted by molar-refractivity contribution is 0.0983. The number of nitrogens with zero attached hydrogens (tertiary/aromatic N) is 2. The summed E-state index contributed by atoms with van der Waals surface area (Å²) in [7, 11) is 0. The summed E-state index contributed by atoms with van der Waals surface area (Å²) in [4.78, 5) is 13.9. The lowest BCUT2D eigenvalue weighted by Gasteiger charge is -2.22. The summed E-state index contributed by atoms with van der Waals surface area (Å²) in [6.07, 6.45) is 0.190. The van der Waals surface area contributed by atoms with Crippen LogP contribution in [0.25, 0.3) is 0 Å². The summed E-state index contributed by atoms with van der Waals surface area (Å²) >= 11 is 0. The van der Waals surface area contributed by atoms with E-state index in [9.17, 15) is 9.18 Å². The van der Waals surface area contributed by atoms with Crippen LogP contribution in [0, 0.1) is 17.1 Å². The van der Waals surface area contributed by atoms with Gasteiger partial charge in [-0.2, -0.15) is 5.26 Å². The Balaban J connectivity index is 2.35. The van der Waals surface area contributed by atoms with Gasteiger partial charge in [0.15, 0.2) is 0 Å². The van der Waals surface area contributed by atoms with Gasteiger partial charge in [-0.1, -0.05) is 30.3 Å². The van der Waals surface area contributed by atoms with Crippen LogP contribution >= 0.6 is 0 Å². The molecule has 4 heteroatoms. The molecule has 0 radical (unpaired) electrons. The smallest absolute Gasteiger partial charge is 0.261 e. The molecule has 0 aliphatic rings. The van der Waals surface area contributed by atoms with Crippen molar-refractivity contribution in [3.05, 3.63) is 66.0 Å². The Bertz CT molecular complexity index is 634. The normalized spacial score (nSPS) is 9.80. The van der Waals surface area contributed by atoms with Crippen LogP contribution in [0.15, 0.2) is 54.6 Å². The maximum absolute atomic E-state index is 13.7. The number of hydrogen-bond acceptors (Lipinski definition) is 2. The van der Waals surface area contributed by atoms with Gasteiger partial charge in [-0.15, -0.1) is 0 Å². The molecule has 0 saturated heterocycles. The second-order valence-corrected chi connectivity index (χ2v) is 4.18. The van der Waals surface area contributed by atoms with E-state index in [0.29, 0.717) is 5.69 Å². The van der Waals surface area contributed by atoms with Crippen LogP contribution in [0.3, 0.4) is 0 Å². The summed E-state index contributed by atoms with van der Waals surface area (Å²) < 4.78 is 13.7. The number of rotatable bonds is 4. The van der Waals surface area contributed by atoms with Gasteiger partial charge in [0.1, 0.15) is 5.82 Å². The maximum Gasteiger partial charge on any atom is 0.261 e. The summed E-state index contributed by atoms with van der Waals surface area (Å²) in [6.45, 7) is 0.230. The number of halogens is 1. The van der Waals surface area contributed by atoms with Gasteiger partial charge in [-0.3, -0.25) is 4.79 Å². The number of nitriles is 1. The van der Waals surface area contributed by atoms with Crippen LogP contribution in [0.2, 0.25) is 0 Å². The number of benzene rings is 2. The van der Waals surface area contributed by atoms with E-state index < -0.39 is 11.7 Å². The van der Waals surface area contributed by atoms with Crippen LogP contribution in [-0.4, -0.2) is 12.5 Å². The Morgan fingerprint density at radius 3 is 2.40 bits per heavy atom. The van der Waals surface area contributed by atoms with E-state index in [0.717, 1.165) is 0 Å². The molecule has 2 rings (SSSR count). The summed E-state index contributed by atoms with van der Waals surface area (Å²) in [5.74, 6) is -1.00. The number of para-hydroxylation sites is 1. The highest BCUT2D eigenvalue weighted by molar-refractivity contribution is 6.06. The third-order valence-electron chi connectivity index (χ3n) is 2.86. The van der Waals surface area contributed by atoms with E-state index in [2.05, 4.69) is 0 Å². The monoisotopic (exact) mass is 268 g/mol. The highest BCUT2D eigenvalue weighted by atomic mass is 19.1. The molecule has 0 saturated carbocycles. The average Bonchev–Trinajstić information content (AvgIpc) is 2.49. The molecular formula is C16H13FN2O. The first-order valence-electron chi connectivity index (χ1n) is 6.22. The van der Waals surface area contributed by atoms with Crippen molar-refractivity contribution in [2.24, 2.45) is 0 Å². The van der Waals surface area contributed by atoms with Crippen LogP contribution < -0.4 is 4.90 Å². The molecule has 100 valence electrons. The van der Waals surface area contributed by atoms with Gasteiger partial charge in [0.05, 0.1) is 18.1 Å². The molecule has 2 aromatic carbocycles. The highest BCUT2D eigenvalue weighted by Gasteiger charge is 2.19. The fourth-order valence-corrected chi connectivity index (χ4v) is 1.90. The minimum Gasteiger partial charge on any atom is -0.307 e. The Kier molecular flexibility index (Phi) is 4.46. The first-order valence-corrected chi connectivity index (χ1v) is 6.22. The summed E-state index contributed by atoms with van der Waals surface area (Å²) in [5, 5.41) is 8.71. The van der Waals surface area contributed by atoms with E-state index in [-0.39, 0.29) is 18.5 Å². The molecule has 0 aromatic heterocycles. The number of carbonyl (C=O) groups excluding carboxylic acids is 1. The number of hydrogen-bond donors (Lipinski definition) is 0. The Labute approximate surface area is 116 Å². The van der Waals surface area contributed by atoms with E-state index >= 15 is 0 Å². The molecule has 0 N–H and O–H groups in total. The summed E-state index contributed by atoms with van der Waals surface area (Å²) in [6, 6.07) is 16.8. The second-order valence-electron chi connectivity index (χ2n) is 4.18. The fourth-order valence-electron chi connectivity index (χ4n) is 1.90. The molecule has 1 amide bonds. The highest BCUT2D eigenvalue weighted by Crippen LogP contribution is 2.18. The van der Waals surface area contributed by atoms with Gasteiger partial charge < -0.3 is 4.90 Å². The van der Waals surface area contributed by atoms with Crippen molar-refractivity contribution in [3.8, 4) is 6.07 Å². The van der Waals surface area contributed by atoms with Crippen LogP contribution in [0.4, 0.5) is 10.1 Å². The molecule has 0 heterocycles. The zero-order chi connectivity index (χ0) is 14.4. The van der Waals surface area contributed by atoms with Crippen molar-refractivity contribution in [1.82, 2.24) is 0 Å². The molecule has 0 unspecified atom stereocenters. The van der Waals surface area contributed by atoms with Crippen LogP contribution in [-0.2, 0) is 0 Å². The quantitative estimate of drug-likeness (QED) is 0.853. The van der Waals surface area contributed by atoms with E-state index in [1.54, 1.807) is 30.3 Å². The van der Waals surface area contributed by atoms with Crippen LogP contribution in [0.1, 0.15) is 16.8 Å². The second kappa shape index (κ2) is 6.48. The lowest BCUT2D eigenvalue weighted by atomic mass is 10.1. The molecular weight excluding hydrogens is 255 g/mol. The van der Waals surface area contributed by atoms with Gasteiger partial charge in [0.2, 0.25) is 0 Å². The third-order valence-corrected chi connectivity index (χ3v) is 2.86. The van der Waals surface area contributed by atoms with Gasteiger partial charge in [0, 0.05) is 12.2 Å².